The van der Waals surface area contributed by atoms with Crippen LogP contribution in [0.2, 0.25) is 0 Å². The van der Waals surface area contributed by atoms with Crippen LogP contribution in [0.4, 0.5) is 0 Å². The van der Waals surface area contributed by atoms with Crippen LogP contribution in [-0.4, -0.2) is 20.8 Å². The SMILES string of the molecule is CC(N)Cc1nc(C2CC2)n(C)n1. The molecule has 1 heterocycles. The Morgan fingerprint density at radius 1 is 1.62 bits per heavy atom. The molecule has 0 aromatic carbocycles. The molecule has 2 rings (SSSR count). The monoisotopic (exact) mass is 180 g/mol. The van der Waals surface area contributed by atoms with Crippen LogP contribution >= 0.6 is 0 Å². The first kappa shape index (κ1) is 8.69. The van der Waals surface area contributed by atoms with Gasteiger partial charge in [-0.1, -0.05) is 0 Å². The van der Waals surface area contributed by atoms with Crippen molar-refractivity contribution < 1.29 is 0 Å². The van der Waals surface area contributed by atoms with Crippen molar-refractivity contribution in [2.24, 2.45) is 12.8 Å². The van der Waals surface area contributed by atoms with Crippen molar-refractivity contribution in [3.8, 4) is 0 Å². The topological polar surface area (TPSA) is 56.7 Å². The molecule has 1 atom stereocenters. The number of aryl methyl sites for hydroxylation is 1. The largest absolute Gasteiger partial charge is 0.328 e. The minimum absolute atomic E-state index is 0.148. The summed E-state index contributed by atoms with van der Waals surface area (Å²) in [6.45, 7) is 1.98. The average molecular weight is 180 g/mol. The van der Waals surface area contributed by atoms with Crippen molar-refractivity contribution in [2.45, 2.75) is 38.1 Å². The third-order valence-corrected chi connectivity index (χ3v) is 2.29. The normalized spacial score (nSPS) is 19.0. The van der Waals surface area contributed by atoms with Gasteiger partial charge >= 0.3 is 0 Å². The number of rotatable bonds is 3. The van der Waals surface area contributed by atoms with E-state index in [0.29, 0.717) is 5.92 Å². The second kappa shape index (κ2) is 3.10. The van der Waals surface area contributed by atoms with Crippen LogP contribution in [0, 0.1) is 0 Å². The van der Waals surface area contributed by atoms with Crippen LogP contribution in [0.3, 0.4) is 0 Å². The van der Waals surface area contributed by atoms with E-state index < -0.39 is 0 Å². The van der Waals surface area contributed by atoms with Crippen molar-refractivity contribution in [1.82, 2.24) is 14.8 Å². The summed E-state index contributed by atoms with van der Waals surface area (Å²) in [6.07, 6.45) is 3.31. The molecule has 0 bridgehead atoms. The Hall–Kier alpha value is -0.900. The molecule has 0 radical (unpaired) electrons. The molecule has 0 spiro atoms. The quantitative estimate of drug-likeness (QED) is 0.740. The molecule has 1 aromatic heterocycles. The minimum atomic E-state index is 0.148. The number of nitrogens with two attached hydrogens (primary N) is 1. The zero-order chi connectivity index (χ0) is 9.42. The smallest absolute Gasteiger partial charge is 0.152 e. The van der Waals surface area contributed by atoms with Gasteiger partial charge in [-0.15, -0.1) is 0 Å². The lowest BCUT2D eigenvalue weighted by molar-refractivity contribution is 0.669. The molecule has 1 saturated carbocycles. The fourth-order valence-corrected chi connectivity index (χ4v) is 1.52. The van der Waals surface area contributed by atoms with Gasteiger partial charge in [-0.25, -0.2) is 4.98 Å². The van der Waals surface area contributed by atoms with Crippen molar-refractivity contribution in [1.29, 1.82) is 0 Å². The predicted molar refractivity (Wildman–Crippen MR) is 50.3 cm³/mol. The number of nitrogens with zero attached hydrogens (tertiary/aromatic N) is 3. The molecule has 1 fully saturated rings. The third-order valence-electron chi connectivity index (χ3n) is 2.29. The van der Waals surface area contributed by atoms with Gasteiger partial charge in [0.1, 0.15) is 5.82 Å². The van der Waals surface area contributed by atoms with Crippen molar-refractivity contribution in [3.05, 3.63) is 11.6 Å². The summed E-state index contributed by atoms with van der Waals surface area (Å²) < 4.78 is 1.90. The Kier molecular flexibility index (Phi) is 2.07. The maximum absolute atomic E-state index is 5.69. The zero-order valence-electron chi connectivity index (χ0n) is 8.20. The Bertz CT molecular complexity index is 299. The Balaban J connectivity index is 2.14. The first-order valence-corrected chi connectivity index (χ1v) is 4.82. The van der Waals surface area contributed by atoms with Gasteiger partial charge in [0.2, 0.25) is 0 Å². The fourth-order valence-electron chi connectivity index (χ4n) is 1.52. The second-order valence-electron chi connectivity index (χ2n) is 3.97. The van der Waals surface area contributed by atoms with E-state index in [0.717, 1.165) is 18.1 Å². The van der Waals surface area contributed by atoms with Crippen LogP contribution in [0.1, 0.15) is 37.3 Å². The Morgan fingerprint density at radius 3 is 2.85 bits per heavy atom. The van der Waals surface area contributed by atoms with E-state index in [9.17, 15) is 0 Å². The molecule has 0 aliphatic heterocycles. The summed E-state index contributed by atoms with van der Waals surface area (Å²) in [4.78, 5) is 4.48. The molecule has 4 nitrogen and oxygen atoms in total. The Morgan fingerprint density at radius 2 is 2.31 bits per heavy atom. The minimum Gasteiger partial charge on any atom is -0.328 e. The van der Waals surface area contributed by atoms with E-state index in [1.165, 1.54) is 12.8 Å². The molecule has 0 amide bonds. The molecule has 4 heteroatoms. The van der Waals surface area contributed by atoms with E-state index >= 15 is 0 Å². The van der Waals surface area contributed by atoms with Gasteiger partial charge in [0.25, 0.3) is 0 Å². The maximum Gasteiger partial charge on any atom is 0.152 e. The van der Waals surface area contributed by atoms with Gasteiger partial charge in [0, 0.05) is 25.4 Å². The first-order valence-electron chi connectivity index (χ1n) is 4.82. The lowest BCUT2D eigenvalue weighted by Crippen LogP contribution is -2.18. The van der Waals surface area contributed by atoms with Crippen LogP contribution in [0.25, 0.3) is 0 Å². The van der Waals surface area contributed by atoms with Gasteiger partial charge in [-0.05, 0) is 19.8 Å². The van der Waals surface area contributed by atoms with Crippen molar-refractivity contribution in [2.75, 3.05) is 0 Å². The third kappa shape index (κ3) is 1.88. The van der Waals surface area contributed by atoms with Crippen molar-refractivity contribution in [3.63, 3.8) is 0 Å². The highest BCUT2D eigenvalue weighted by molar-refractivity contribution is 5.07. The van der Waals surface area contributed by atoms with Crippen LogP contribution in [0.5, 0.6) is 0 Å². The summed E-state index contributed by atoms with van der Waals surface area (Å²) >= 11 is 0. The summed E-state index contributed by atoms with van der Waals surface area (Å²) in [5, 5.41) is 4.34. The molecule has 13 heavy (non-hydrogen) atoms. The second-order valence-corrected chi connectivity index (χ2v) is 3.97. The number of aromatic nitrogens is 3. The summed E-state index contributed by atoms with van der Waals surface area (Å²) in [7, 11) is 1.96. The van der Waals surface area contributed by atoms with Gasteiger partial charge in [-0.3, -0.25) is 4.68 Å². The maximum atomic E-state index is 5.69. The van der Waals surface area contributed by atoms with E-state index in [-0.39, 0.29) is 6.04 Å². The van der Waals surface area contributed by atoms with Gasteiger partial charge in [0.15, 0.2) is 5.82 Å². The molecule has 72 valence electrons. The molecule has 1 unspecified atom stereocenters. The van der Waals surface area contributed by atoms with Gasteiger partial charge in [0.05, 0.1) is 0 Å². The van der Waals surface area contributed by atoms with Crippen LogP contribution in [-0.2, 0) is 13.5 Å². The zero-order valence-corrected chi connectivity index (χ0v) is 8.20. The molecular weight excluding hydrogens is 164 g/mol. The summed E-state index contributed by atoms with van der Waals surface area (Å²) in [5.74, 6) is 2.69. The standard InChI is InChI=1S/C9H16N4/c1-6(10)5-8-11-9(7-3-4-7)13(2)12-8/h6-7H,3-5,10H2,1-2H3. The van der Waals surface area contributed by atoms with E-state index in [4.69, 9.17) is 5.73 Å². The lowest BCUT2D eigenvalue weighted by atomic mass is 10.2. The molecular formula is C9H16N4. The van der Waals surface area contributed by atoms with E-state index in [1.54, 1.807) is 0 Å². The predicted octanol–water partition coefficient (Wildman–Crippen LogP) is 0.582. The highest BCUT2D eigenvalue weighted by Gasteiger charge is 2.28. The number of hydrogen-bond acceptors (Lipinski definition) is 3. The number of hydrogen-bond donors (Lipinski definition) is 1. The molecule has 1 aliphatic carbocycles. The summed E-state index contributed by atoms with van der Waals surface area (Å²) in [5.41, 5.74) is 5.69. The summed E-state index contributed by atoms with van der Waals surface area (Å²) in [6, 6.07) is 0.148. The fraction of sp³-hybridized carbons (Fsp3) is 0.778. The first-order chi connectivity index (χ1) is 6.16. The van der Waals surface area contributed by atoms with Crippen LogP contribution < -0.4 is 5.73 Å². The molecule has 1 aliphatic rings. The molecule has 1 aromatic rings. The van der Waals surface area contributed by atoms with E-state index in [1.807, 2.05) is 18.7 Å². The van der Waals surface area contributed by atoms with Crippen LogP contribution in [0.15, 0.2) is 0 Å². The average Bonchev–Trinajstić information content (AvgIpc) is 2.77. The lowest BCUT2D eigenvalue weighted by Gasteiger charge is -1.97. The van der Waals surface area contributed by atoms with Gasteiger partial charge < -0.3 is 5.73 Å². The highest BCUT2D eigenvalue weighted by Crippen LogP contribution is 2.38. The molecule has 2 N–H and O–H groups in total. The van der Waals surface area contributed by atoms with E-state index in [2.05, 4.69) is 10.1 Å². The van der Waals surface area contributed by atoms with Crippen molar-refractivity contribution >= 4 is 0 Å². The highest BCUT2D eigenvalue weighted by atomic mass is 15.3. The Labute approximate surface area is 78.1 Å². The molecule has 0 saturated heterocycles. The van der Waals surface area contributed by atoms with Gasteiger partial charge in [-0.2, -0.15) is 5.10 Å².